The monoisotopic (exact) mass is 326 g/mol. The van der Waals surface area contributed by atoms with E-state index < -0.39 is 0 Å². The van der Waals surface area contributed by atoms with Crippen molar-refractivity contribution in [2.75, 3.05) is 13.7 Å². The summed E-state index contributed by atoms with van der Waals surface area (Å²) < 4.78 is 4.99. The lowest BCUT2D eigenvalue weighted by atomic mass is 9.90. The first-order valence-corrected chi connectivity index (χ1v) is 8.50. The zero-order valence-corrected chi connectivity index (χ0v) is 15.2. The molecule has 2 aromatic rings. The Hall–Kier alpha value is -2.20. The summed E-state index contributed by atoms with van der Waals surface area (Å²) in [6, 6.07) is 8.25. The number of methoxy groups -OCH3 is 1. The third-order valence-corrected chi connectivity index (χ3v) is 4.13. The van der Waals surface area contributed by atoms with Gasteiger partial charge in [0.2, 0.25) is 0 Å². The predicted octanol–water partition coefficient (Wildman–Crippen LogP) is 3.82. The number of aromatic nitrogens is 1. The Morgan fingerprint density at radius 3 is 2.46 bits per heavy atom. The van der Waals surface area contributed by atoms with E-state index in [4.69, 9.17) is 4.74 Å². The summed E-state index contributed by atoms with van der Waals surface area (Å²) in [4.78, 5) is 16.9. The minimum Gasteiger partial charge on any atom is -0.465 e. The number of fused-ring (bicyclic) bond motifs is 1. The highest BCUT2D eigenvalue weighted by molar-refractivity contribution is 5.99. The highest BCUT2D eigenvalue weighted by Crippen LogP contribution is 2.33. The molecule has 1 aliphatic heterocycles. The summed E-state index contributed by atoms with van der Waals surface area (Å²) >= 11 is 0. The van der Waals surface area contributed by atoms with Crippen molar-refractivity contribution in [3.63, 3.8) is 0 Å². The van der Waals surface area contributed by atoms with Crippen LogP contribution in [0.5, 0.6) is 0 Å². The molecule has 0 radical (unpaired) electrons. The smallest absolute Gasteiger partial charge is 0.340 e. The minimum atomic E-state index is -0.325. The van der Waals surface area contributed by atoms with E-state index in [1.165, 1.54) is 12.7 Å². The number of pyridine rings is 1. The Bertz CT molecular complexity index is 721. The van der Waals surface area contributed by atoms with E-state index in [9.17, 15) is 4.79 Å². The topological polar surface area (TPSA) is 51.2 Å². The second-order valence-corrected chi connectivity index (χ2v) is 5.66. The normalized spacial score (nSPS) is 12.7. The maximum absolute atomic E-state index is 12.3. The van der Waals surface area contributed by atoms with Crippen LogP contribution in [0.1, 0.15) is 46.7 Å². The first-order valence-electron chi connectivity index (χ1n) is 8.50. The number of hydrogen-bond acceptors (Lipinski definition) is 4. The number of benzene rings is 1. The largest absolute Gasteiger partial charge is 0.465 e. The molecule has 0 saturated heterocycles. The van der Waals surface area contributed by atoms with Crippen molar-refractivity contribution in [3.05, 3.63) is 52.3 Å². The van der Waals surface area contributed by atoms with Crippen LogP contribution >= 0.6 is 0 Å². The Balaban J connectivity index is 0.00000100. The fourth-order valence-electron chi connectivity index (χ4n) is 3.01. The van der Waals surface area contributed by atoms with Crippen LogP contribution in [0.15, 0.2) is 24.3 Å². The van der Waals surface area contributed by atoms with Crippen LogP contribution in [0.25, 0.3) is 11.1 Å². The number of nitrogens with zero attached hydrogens (tertiary/aromatic N) is 1. The van der Waals surface area contributed by atoms with Crippen LogP contribution in [-0.4, -0.2) is 24.6 Å². The molecule has 0 spiro atoms. The third kappa shape index (κ3) is 3.49. The number of ether oxygens (including phenoxy) is 1. The van der Waals surface area contributed by atoms with Gasteiger partial charge in [0.25, 0.3) is 0 Å². The summed E-state index contributed by atoms with van der Waals surface area (Å²) in [7, 11) is 1.42. The molecule has 0 fully saturated rings. The Morgan fingerprint density at radius 2 is 1.83 bits per heavy atom. The summed E-state index contributed by atoms with van der Waals surface area (Å²) in [5.41, 5.74) is 6.71. The van der Waals surface area contributed by atoms with Gasteiger partial charge in [0, 0.05) is 30.8 Å². The average molecular weight is 326 g/mol. The number of nitrogens with one attached hydrogen (secondary N) is 1. The molecular weight excluding hydrogens is 300 g/mol. The van der Waals surface area contributed by atoms with Crippen molar-refractivity contribution in [1.82, 2.24) is 10.3 Å². The molecular formula is C20H26N2O2. The highest BCUT2D eigenvalue weighted by atomic mass is 16.5. The van der Waals surface area contributed by atoms with Gasteiger partial charge >= 0.3 is 5.97 Å². The standard InChI is InChI=1S/C18H20N2O2.C2H6/c1-11-4-6-13(7-5-11)17-14-10-19-9-8-15(14)20-12(2)16(17)18(21)22-3;1-2/h4-7,19H,8-10H2,1-3H3;1-2H3. The predicted molar refractivity (Wildman–Crippen MR) is 97.2 cm³/mol. The molecule has 1 aliphatic rings. The molecule has 1 N–H and O–H groups in total. The van der Waals surface area contributed by atoms with E-state index >= 15 is 0 Å². The second kappa shape index (κ2) is 8.06. The second-order valence-electron chi connectivity index (χ2n) is 5.66. The Morgan fingerprint density at radius 1 is 1.17 bits per heavy atom. The van der Waals surface area contributed by atoms with E-state index in [-0.39, 0.29) is 5.97 Å². The molecule has 2 heterocycles. The van der Waals surface area contributed by atoms with E-state index in [1.807, 2.05) is 20.8 Å². The number of esters is 1. The van der Waals surface area contributed by atoms with Gasteiger partial charge in [0.1, 0.15) is 0 Å². The molecule has 1 aromatic heterocycles. The van der Waals surface area contributed by atoms with Crippen molar-refractivity contribution >= 4 is 5.97 Å². The lowest BCUT2D eigenvalue weighted by molar-refractivity contribution is 0.0600. The maximum Gasteiger partial charge on any atom is 0.340 e. The average Bonchev–Trinajstić information content (AvgIpc) is 2.62. The van der Waals surface area contributed by atoms with Crippen LogP contribution in [-0.2, 0) is 17.7 Å². The number of carbonyl (C=O) groups excluding carboxylic acids is 1. The highest BCUT2D eigenvalue weighted by Gasteiger charge is 2.25. The van der Waals surface area contributed by atoms with Gasteiger partial charge in [-0.3, -0.25) is 4.98 Å². The molecule has 0 aliphatic carbocycles. The molecule has 4 heteroatoms. The number of rotatable bonds is 2. The number of aryl methyl sites for hydroxylation is 2. The molecule has 0 atom stereocenters. The van der Waals surface area contributed by atoms with Gasteiger partial charge in [0.05, 0.1) is 18.4 Å². The fraction of sp³-hybridized carbons (Fsp3) is 0.400. The van der Waals surface area contributed by atoms with E-state index in [2.05, 4.69) is 41.5 Å². The summed E-state index contributed by atoms with van der Waals surface area (Å²) in [6.45, 7) is 9.59. The zero-order valence-electron chi connectivity index (χ0n) is 15.2. The molecule has 128 valence electrons. The molecule has 0 bridgehead atoms. The van der Waals surface area contributed by atoms with E-state index in [1.54, 1.807) is 0 Å². The third-order valence-electron chi connectivity index (χ3n) is 4.13. The van der Waals surface area contributed by atoms with Crippen LogP contribution in [0.3, 0.4) is 0 Å². The maximum atomic E-state index is 12.3. The Kier molecular flexibility index (Phi) is 6.10. The Labute approximate surface area is 144 Å². The van der Waals surface area contributed by atoms with Crippen LogP contribution in [0.4, 0.5) is 0 Å². The van der Waals surface area contributed by atoms with Gasteiger partial charge in [-0.05, 0) is 25.0 Å². The van der Waals surface area contributed by atoms with E-state index in [0.717, 1.165) is 47.6 Å². The lowest BCUT2D eigenvalue weighted by Crippen LogP contribution is -2.27. The van der Waals surface area contributed by atoms with Gasteiger partial charge in [-0.2, -0.15) is 0 Å². The molecule has 4 nitrogen and oxygen atoms in total. The van der Waals surface area contributed by atoms with Gasteiger partial charge in [-0.15, -0.1) is 0 Å². The van der Waals surface area contributed by atoms with Crippen molar-refractivity contribution < 1.29 is 9.53 Å². The van der Waals surface area contributed by atoms with Crippen molar-refractivity contribution in [3.8, 4) is 11.1 Å². The van der Waals surface area contributed by atoms with Gasteiger partial charge in [-0.1, -0.05) is 43.7 Å². The summed E-state index contributed by atoms with van der Waals surface area (Å²) in [6.07, 6.45) is 0.885. The van der Waals surface area contributed by atoms with Crippen molar-refractivity contribution in [2.24, 2.45) is 0 Å². The van der Waals surface area contributed by atoms with Crippen LogP contribution in [0.2, 0.25) is 0 Å². The quantitative estimate of drug-likeness (QED) is 0.852. The lowest BCUT2D eigenvalue weighted by Gasteiger charge is -2.23. The van der Waals surface area contributed by atoms with Crippen LogP contribution < -0.4 is 5.32 Å². The molecule has 1 aromatic carbocycles. The van der Waals surface area contributed by atoms with Gasteiger partial charge < -0.3 is 10.1 Å². The molecule has 24 heavy (non-hydrogen) atoms. The number of carbonyl (C=O) groups is 1. The SMILES string of the molecule is CC.COC(=O)c1c(C)nc2c(c1-c1ccc(C)cc1)CNCC2. The first kappa shape index (κ1) is 18.1. The molecule has 0 unspecified atom stereocenters. The summed E-state index contributed by atoms with van der Waals surface area (Å²) in [5.74, 6) is -0.325. The van der Waals surface area contributed by atoms with Gasteiger partial charge in [0.15, 0.2) is 0 Å². The molecule has 0 saturated carbocycles. The van der Waals surface area contributed by atoms with E-state index in [0.29, 0.717) is 5.56 Å². The summed E-state index contributed by atoms with van der Waals surface area (Å²) in [5, 5.41) is 3.37. The molecule has 3 rings (SSSR count). The zero-order chi connectivity index (χ0) is 17.7. The fourth-order valence-corrected chi connectivity index (χ4v) is 3.01. The number of hydrogen-bond donors (Lipinski definition) is 1. The minimum absolute atomic E-state index is 0.325. The van der Waals surface area contributed by atoms with Crippen molar-refractivity contribution in [2.45, 2.75) is 40.7 Å². The molecule has 0 amide bonds. The first-order chi connectivity index (χ1) is 11.6. The van der Waals surface area contributed by atoms with Gasteiger partial charge in [-0.25, -0.2) is 4.79 Å². The van der Waals surface area contributed by atoms with Crippen LogP contribution in [0, 0.1) is 13.8 Å². The van der Waals surface area contributed by atoms with Crippen molar-refractivity contribution in [1.29, 1.82) is 0 Å².